The summed E-state index contributed by atoms with van der Waals surface area (Å²) in [5.74, 6) is 1.80. The minimum Gasteiger partial charge on any atom is -0.489 e. The minimum absolute atomic E-state index is 0.0818. The molecule has 0 unspecified atom stereocenters. The topological polar surface area (TPSA) is 78.3 Å². The highest BCUT2D eigenvalue weighted by Crippen LogP contribution is 2.18. The molecule has 2 aromatic heterocycles. The van der Waals surface area contributed by atoms with Crippen LogP contribution in [0.3, 0.4) is 0 Å². The molecule has 0 fully saturated rings. The molecular formula is C24H22N4O3. The van der Waals surface area contributed by atoms with E-state index in [0.29, 0.717) is 24.7 Å². The number of aromatic nitrogens is 3. The van der Waals surface area contributed by atoms with Gasteiger partial charge in [0.25, 0.3) is 5.91 Å². The van der Waals surface area contributed by atoms with Crippen molar-refractivity contribution in [3.63, 3.8) is 0 Å². The van der Waals surface area contributed by atoms with Crippen molar-refractivity contribution >= 4 is 5.91 Å². The smallest absolute Gasteiger partial charge is 0.258 e. The normalized spacial score (nSPS) is 10.5. The standard InChI is InChI=1S/C24H22N4O3/c29-23(26-16-20-8-4-13-25-24(20)28-15-5-14-27-28)18-31-22-11-9-21(10-12-22)30-17-19-6-2-1-3-7-19/h1-15H,16-18H2,(H,26,29). The summed E-state index contributed by atoms with van der Waals surface area (Å²) in [5.41, 5.74) is 1.96. The molecule has 0 saturated carbocycles. The lowest BCUT2D eigenvalue weighted by molar-refractivity contribution is -0.123. The molecule has 1 N–H and O–H groups in total. The molecule has 0 saturated heterocycles. The van der Waals surface area contributed by atoms with Crippen molar-refractivity contribution in [1.82, 2.24) is 20.1 Å². The molecule has 2 heterocycles. The summed E-state index contributed by atoms with van der Waals surface area (Å²) in [6, 6.07) is 22.7. The van der Waals surface area contributed by atoms with Crippen molar-refractivity contribution in [2.75, 3.05) is 6.61 Å². The van der Waals surface area contributed by atoms with E-state index >= 15 is 0 Å². The second-order valence-electron chi connectivity index (χ2n) is 6.75. The average molecular weight is 414 g/mol. The Morgan fingerprint density at radius 1 is 0.871 bits per heavy atom. The van der Waals surface area contributed by atoms with Crippen molar-refractivity contribution in [2.24, 2.45) is 0 Å². The van der Waals surface area contributed by atoms with Crippen LogP contribution in [0.15, 0.2) is 91.4 Å². The first-order valence-corrected chi connectivity index (χ1v) is 9.88. The molecule has 0 atom stereocenters. The van der Waals surface area contributed by atoms with Crippen LogP contribution in [0.1, 0.15) is 11.1 Å². The summed E-state index contributed by atoms with van der Waals surface area (Å²) in [5, 5.41) is 7.05. The lowest BCUT2D eigenvalue weighted by atomic mass is 10.2. The summed E-state index contributed by atoms with van der Waals surface area (Å²) < 4.78 is 13.0. The van der Waals surface area contributed by atoms with E-state index in [1.165, 1.54) is 0 Å². The van der Waals surface area contributed by atoms with Gasteiger partial charge in [-0.3, -0.25) is 4.79 Å². The predicted octanol–water partition coefficient (Wildman–Crippen LogP) is 3.54. The van der Waals surface area contributed by atoms with Crippen LogP contribution in [-0.4, -0.2) is 27.3 Å². The summed E-state index contributed by atoms with van der Waals surface area (Å²) >= 11 is 0. The first kappa shape index (κ1) is 20.2. The highest BCUT2D eigenvalue weighted by molar-refractivity contribution is 5.77. The molecule has 4 aromatic rings. The molecule has 7 nitrogen and oxygen atoms in total. The fourth-order valence-electron chi connectivity index (χ4n) is 2.94. The second kappa shape index (κ2) is 10.1. The van der Waals surface area contributed by atoms with Crippen LogP contribution >= 0.6 is 0 Å². The third-order valence-corrected chi connectivity index (χ3v) is 4.51. The Labute approximate surface area is 180 Å². The van der Waals surface area contributed by atoms with Gasteiger partial charge in [-0.1, -0.05) is 36.4 Å². The van der Waals surface area contributed by atoms with Crippen LogP contribution in [0.2, 0.25) is 0 Å². The van der Waals surface area contributed by atoms with E-state index in [1.54, 1.807) is 29.2 Å². The van der Waals surface area contributed by atoms with E-state index in [9.17, 15) is 4.79 Å². The molecule has 7 heteroatoms. The lowest BCUT2D eigenvalue weighted by Crippen LogP contribution is -2.29. The van der Waals surface area contributed by atoms with Crippen LogP contribution in [-0.2, 0) is 17.9 Å². The number of nitrogens with one attached hydrogen (secondary N) is 1. The van der Waals surface area contributed by atoms with E-state index in [0.717, 1.165) is 16.9 Å². The zero-order chi connectivity index (χ0) is 21.3. The maximum atomic E-state index is 12.2. The number of nitrogens with zero attached hydrogens (tertiary/aromatic N) is 3. The van der Waals surface area contributed by atoms with Gasteiger partial charge in [0.2, 0.25) is 0 Å². The summed E-state index contributed by atoms with van der Waals surface area (Å²) in [6.45, 7) is 0.747. The number of carbonyl (C=O) groups is 1. The van der Waals surface area contributed by atoms with Gasteiger partial charge in [0.15, 0.2) is 12.4 Å². The van der Waals surface area contributed by atoms with Gasteiger partial charge in [-0.25, -0.2) is 9.67 Å². The maximum absolute atomic E-state index is 12.2. The van der Waals surface area contributed by atoms with Gasteiger partial charge in [-0.2, -0.15) is 5.10 Å². The van der Waals surface area contributed by atoms with E-state index in [1.807, 2.05) is 66.9 Å². The molecule has 0 aliphatic carbocycles. The van der Waals surface area contributed by atoms with E-state index < -0.39 is 0 Å². The van der Waals surface area contributed by atoms with Crippen LogP contribution < -0.4 is 14.8 Å². The van der Waals surface area contributed by atoms with Crippen LogP contribution in [0.5, 0.6) is 11.5 Å². The molecule has 4 rings (SSSR count). The zero-order valence-corrected chi connectivity index (χ0v) is 16.8. The lowest BCUT2D eigenvalue weighted by Gasteiger charge is -2.11. The summed E-state index contributed by atoms with van der Waals surface area (Å²) in [4.78, 5) is 16.6. The maximum Gasteiger partial charge on any atom is 0.258 e. The van der Waals surface area contributed by atoms with Gasteiger partial charge in [0.05, 0.1) is 0 Å². The molecule has 0 aliphatic heterocycles. The quantitative estimate of drug-likeness (QED) is 0.453. The van der Waals surface area contributed by atoms with Crippen molar-refractivity contribution in [3.8, 4) is 17.3 Å². The first-order valence-electron chi connectivity index (χ1n) is 9.88. The van der Waals surface area contributed by atoms with Crippen molar-refractivity contribution in [2.45, 2.75) is 13.2 Å². The molecule has 0 spiro atoms. The molecule has 0 radical (unpaired) electrons. The molecular weight excluding hydrogens is 392 g/mol. The van der Waals surface area contributed by atoms with Gasteiger partial charge in [-0.15, -0.1) is 0 Å². The van der Waals surface area contributed by atoms with Gasteiger partial charge >= 0.3 is 0 Å². The number of hydrogen-bond donors (Lipinski definition) is 1. The monoisotopic (exact) mass is 414 g/mol. The number of hydrogen-bond acceptors (Lipinski definition) is 5. The Morgan fingerprint density at radius 3 is 2.39 bits per heavy atom. The van der Waals surface area contributed by atoms with Gasteiger partial charge < -0.3 is 14.8 Å². The van der Waals surface area contributed by atoms with Crippen molar-refractivity contribution < 1.29 is 14.3 Å². The third-order valence-electron chi connectivity index (χ3n) is 4.51. The first-order chi connectivity index (χ1) is 15.3. The van der Waals surface area contributed by atoms with Gasteiger partial charge in [-0.05, 0) is 42.0 Å². The van der Waals surface area contributed by atoms with Crippen LogP contribution in [0, 0.1) is 0 Å². The van der Waals surface area contributed by atoms with Crippen molar-refractivity contribution in [1.29, 1.82) is 0 Å². The average Bonchev–Trinajstić information content (AvgIpc) is 3.36. The summed E-state index contributed by atoms with van der Waals surface area (Å²) in [6.07, 6.45) is 5.19. The molecule has 1 amide bonds. The van der Waals surface area contributed by atoms with Crippen molar-refractivity contribution in [3.05, 3.63) is 103 Å². The van der Waals surface area contributed by atoms with Gasteiger partial charge in [0.1, 0.15) is 18.1 Å². The molecule has 156 valence electrons. The fraction of sp³-hybridized carbons (Fsp3) is 0.125. The Hall–Kier alpha value is -4.13. The molecule has 0 aliphatic rings. The number of benzene rings is 2. The third kappa shape index (κ3) is 5.70. The number of pyridine rings is 1. The highest BCUT2D eigenvalue weighted by atomic mass is 16.5. The Bertz CT molecular complexity index is 1100. The van der Waals surface area contributed by atoms with E-state index in [4.69, 9.17) is 9.47 Å². The SMILES string of the molecule is O=C(COc1ccc(OCc2ccccc2)cc1)NCc1cccnc1-n1cccn1. The fourth-order valence-corrected chi connectivity index (χ4v) is 2.94. The molecule has 31 heavy (non-hydrogen) atoms. The number of amides is 1. The molecule has 2 aromatic carbocycles. The summed E-state index contributed by atoms with van der Waals surface area (Å²) in [7, 11) is 0. The highest BCUT2D eigenvalue weighted by Gasteiger charge is 2.08. The number of carbonyl (C=O) groups excluding carboxylic acids is 1. The Morgan fingerprint density at radius 2 is 1.65 bits per heavy atom. The largest absolute Gasteiger partial charge is 0.489 e. The minimum atomic E-state index is -0.223. The number of rotatable bonds is 9. The Kier molecular flexibility index (Phi) is 6.54. The van der Waals surface area contributed by atoms with E-state index in [2.05, 4.69) is 15.4 Å². The predicted molar refractivity (Wildman–Crippen MR) is 116 cm³/mol. The van der Waals surface area contributed by atoms with E-state index in [-0.39, 0.29) is 12.5 Å². The Balaban J connectivity index is 1.24. The zero-order valence-electron chi connectivity index (χ0n) is 16.8. The second-order valence-corrected chi connectivity index (χ2v) is 6.75. The van der Waals surface area contributed by atoms with Crippen LogP contribution in [0.25, 0.3) is 5.82 Å². The molecule has 0 bridgehead atoms. The van der Waals surface area contributed by atoms with Crippen LogP contribution in [0.4, 0.5) is 0 Å². The number of ether oxygens (including phenoxy) is 2. The van der Waals surface area contributed by atoms with Gasteiger partial charge in [0, 0.05) is 30.7 Å².